The zero-order valence-corrected chi connectivity index (χ0v) is 10.4. The van der Waals surface area contributed by atoms with Crippen molar-refractivity contribution in [2.45, 2.75) is 31.4 Å². The predicted molar refractivity (Wildman–Crippen MR) is 60.6 cm³/mol. The molecule has 16 heavy (non-hydrogen) atoms. The van der Waals surface area contributed by atoms with Crippen LogP contribution in [0.4, 0.5) is 0 Å². The summed E-state index contributed by atoms with van der Waals surface area (Å²) in [6.07, 6.45) is 0. The topological polar surface area (TPSA) is 72.0 Å². The lowest BCUT2D eigenvalue weighted by Crippen LogP contribution is -2.17. The van der Waals surface area contributed by atoms with E-state index < -0.39 is 9.84 Å². The van der Waals surface area contributed by atoms with Crippen LogP contribution in [0.5, 0.6) is 0 Å². The molecule has 0 spiro atoms. The van der Waals surface area contributed by atoms with Crippen molar-refractivity contribution >= 4 is 9.84 Å². The van der Waals surface area contributed by atoms with Gasteiger partial charge in [0.2, 0.25) is 0 Å². The maximum absolute atomic E-state index is 11.5. The fourth-order valence-electron chi connectivity index (χ4n) is 1.79. The van der Waals surface area contributed by atoms with Crippen molar-refractivity contribution in [2.75, 3.05) is 7.05 Å². The second-order valence-electron chi connectivity index (χ2n) is 4.14. The average molecular weight is 241 g/mol. The van der Waals surface area contributed by atoms with Gasteiger partial charge in [-0.25, -0.2) is 18.4 Å². The first-order chi connectivity index (χ1) is 7.43. The molecule has 1 aliphatic heterocycles. The van der Waals surface area contributed by atoms with E-state index in [-0.39, 0.29) is 17.5 Å². The summed E-state index contributed by atoms with van der Waals surface area (Å²) in [7, 11) is -1.17. The Morgan fingerprint density at radius 2 is 2.00 bits per heavy atom. The second kappa shape index (κ2) is 3.78. The first-order valence-corrected chi connectivity index (χ1v) is 6.99. The van der Waals surface area contributed by atoms with Crippen molar-refractivity contribution in [3.8, 4) is 0 Å². The summed E-state index contributed by atoms with van der Waals surface area (Å²) < 4.78 is 23.0. The Balaban J connectivity index is 2.49. The third-order valence-corrected chi connectivity index (χ3v) is 4.30. The van der Waals surface area contributed by atoms with Gasteiger partial charge in [-0.2, -0.15) is 0 Å². The van der Waals surface area contributed by atoms with Gasteiger partial charge in [0.15, 0.2) is 9.84 Å². The molecule has 6 heteroatoms. The summed E-state index contributed by atoms with van der Waals surface area (Å²) in [4.78, 5) is 8.67. The van der Waals surface area contributed by atoms with Gasteiger partial charge in [-0.15, -0.1) is 0 Å². The van der Waals surface area contributed by atoms with Crippen LogP contribution in [0.3, 0.4) is 0 Å². The van der Waals surface area contributed by atoms with Gasteiger partial charge in [-0.3, -0.25) is 0 Å². The summed E-state index contributed by atoms with van der Waals surface area (Å²) in [6.45, 7) is 3.79. The molecule has 0 fully saturated rings. The molecule has 1 atom stereocenters. The molecule has 2 rings (SSSR count). The molecule has 0 bridgehead atoms. The third-order valence-electron chi connectivity index (χ3n) is 2.86. The van der Waals surface area contributed by atoms with Crippen molar-refractivity contribution < 1.29 is 8.42 Å². The normalized spacial score (nSPS) is 19.4. The highest BCUT2D eigenvalue weighted by atomic mass is 32.2. The van der Waals surface area contributed by atoms with Crippen LogP contribution in [0, 0.1) is 6.92 Å². The van der Waals surface area contributed by atoms with E-state index in [0.29, 0.717) is 11.5 Å². The molecule has 0 amide bonds. The summed E-state index contributed by atoms with van der Waals surface area (Å²) in [5.41, 5.74) is 2.24. The molecule has 1 N–H and O–H groups in total. The number of nitrogens with one attached hydrogen (secondary N) is 1. The number of aromatic nitrogens is 2. The number of aryl methyl sites for hydroxylation is 1. The van der Waals surface area contributed by atoms with Crippen LogP contribution in [0.25, 0.3) is 0 Å². The molecule has 88 valence electrons. The number of nitrogens with zero attached hydrogens (tertiary/aromatic N) is 2. The smallest absolute Gasteiger partial charge is 0.160 e. The van der Waals surface area contributed by atoms with Crippen LogP contribution in [0.2, 0.25) is 0 Å². The molecule has 5 nitrogen and oxygen atoms in total. The average Bonchev–Trinajstić information content (AvgIpc) is 2.52. The van der Waals surface area contributed by atoms with Crippen LogP contribution >= 0.6 is 0 Å². The molecule has 1 unspecified atom stereocenters. The molecule has 0 saturated carbocycles. The summed E-state index contributed by atoms with van der Waals surface area (Å²) >= 11 is 0. The summed E-state index contributed by atoms with van der Waals surface area (Å²) in [6, 6.07) is 0.0345. The zero-order chi connectivity index (χ0) is 11.9. The number of sulfone groups is 1. The van der Waals surface area contributed by atoms with E-state index >= 15 is 0 Å². The van der Waals surface area contributed by atoms with Gasteiger partial charge in [-0.1, -0.05) is 0 Å². The van der Waals surface area contributed by atoms with E-state index in [2.05, 4.69) is 15.3 Å². The molecule has 0 radical (unpaired) electrons. The first kappa shape index (κ1) is 11.5. The fourth-order valence-corrected chi connectivity index (χ4v) is 3.36. The van der Waals surface area contributed by atoms with Crippen molar-refractivity contribution in [1.29, 1.82) is 0 Å². The SMILES string of the molecule is CNC(C)c1nc(C)c2c(n1)CS(=O)(=O)C2. The summed E-state index contributed by atoms with van der Waals surface area (Å²) in [5.74, 6) is 0.799. The van der Waals surface area contributed by atoms with Crippen LogP contribution < -0.4 is 5.32 Å². The fraction of sp³-hybridized carbons (Fsp3) is 0.600. The minimum absolute atomic E-state index is 0.0345. The number of fused-ring (bicyclic) bond motifs is 1. The number of rotatable bonds is 2. The molecule has 2 heterocycles. The van der Waals surface area contributed by atoms with Crippen molar-refractivity contribution in [1.82, 2.24) is 15.3 Å². The van der Waals surface area contributed by atoms with Crippen LogP contribution in [-0.2, 0) is 21.3 Å². The maximum atomic E-state index is 11.5. The minimum atomic E-state index is -3.00. The largest absolute Gasteiger partial charge is 0.311 e. The lowest BCUT2D eigenvalue weighted by atomic mass is 10.2. The quantitative estimate of drug-likeness (QED) is 0.816. The standard InChI is InChI=1S/C10H15N3O2S/c1-6-8-4-16(14,15)5-9(8)13-10(12-6)7(2)11-3/h7,11H,4-5H2,1-3H3. The van der Waals surface area contributed by atoms with E-state index in [1.807, 2.05) is 20.9 Å². The molecule has 1 aromatic rings. The van der Waals surface area contributed by atoms with Gasteiger partial charge in [0.25, 0.3) is 0 Å². The highest BCUT2D eigenvalue weighted by Gasteiger charge is 2.29. The Labute approximate surface area is 95.2 Å². The van der Waals surface area contributed by atoms with Gasteiger partial charge in [-0.05, 0) is 20.9 Å². The maximum Gasteiger partial charge on any atom is 0.160 e. The van der Waals surface area contributed by atoms with E-state index in [1.54, 1.807) is 0 Å². The molecule has 0 aliphatic carbocycles. The van der Waals surface area contributed by atoms with Crippen molar-refractivity contribution in [2.24, 2.45) is 0 Å². The molecule has 1 aromatic heterocycles. The van der Waals surface area contributed by atoms with Crippen LogP contribution in [0.15, 0.2) is 0 Å². The van der Waals surface area contributed by atoms with Gasteiger partial charge in [0.05, 0.1) is 23.2 Å². The Morgan fingerprint density at radius 3 is 2.62 bits per heavy atom. The van der Waals surface area contributed by atoms with Gasteiger partial charge >= 0.3 is 0 Å². The number of hydrogen-bond donors (Lipinski definition) is 1. The highest BCUT2D eigenvalue weighted by molar-refractivity contribution is 7.90. The Morgan fingerprint density at radius 1 is 1.31 bits per heavy atom. The van der Waals surface area contributed by atoms with E-state index in [4.69, 9.17) is 0 Å². The highest BCUT2D eigenvalue weighted by Crippen LogP contribution is 2.26. The Hall–Kier alpha value is -1.01. The lowest BCUT2D eigenvalue weighted by molar-refractivity contribution is 0.596. The molecule has 1 aliphatic rings. The van der Waals surface area contributed by atoms with Crippen molar-refractivity contribution in [3.63, 3.8) is 0 Å². The summed E-state index contributed by atoms with van der Waals surface area (Å²) in [5, 5.41) is 3.05. The number of hydrogen-bond acceptors (Lipinski definition) is 5. The third kappa shape index (κ3) is 1.94. The van der Waals surface area contributed by atoms with Crippen LogP contribution in [0.1, 0.15) is 35.7 Å². The molecular weight excluding hydrogens is 226 g/mol. The van der Waals surface area contributed by atoms with E-state index in [9.17, 15) is 8.42 Å². The monoisotopic (exact) mass is 241 g/mol. The first-order valence-electron chi connectivity index (χ1n) is 5.17. The van der Waals surface area contributed by atoms with E-state index in [0.717, 1.165) is 11.3 Å². The van der Waals surface area contributed by atoms with E-state index in [1.165, 1.54) is 0 Å². The van der Waals surface area contributed by atoms with Crippen molar-refractivity contribution in [3.05, 3.63) is 22.8 Å². The van der Waals surface area contributed by atoms with Gasteiger partial charge in [0.1, 0.15) is 5.82 Å². The van der Waals surface area contributed by atoms with Crippen LogP contribution in [-0.4, -0.2) is 25.4 Å². The minimum Gasteiger partial charge on any atom is -0.311 e. The molecule has 0 saturated heterocycles. The predicted octanol–water partition coefficient (Wildman–Crippen LogP) is 0.494. The Bertz CT molecular complexity index is 525. The Kier molecular flexibility index (Phi) is 2.71. The second-order valence-corrected chi connectivity index (χ2v) is 6.20. The lowest BCUT2D eigenvalue weighted by Gasteiger charge is -2.11. The molecular formula is C10H15N3O2S. The molecule has 0 aromatic carbocycles. The zero-order valence-electron chi connectivity index (χ0n) is 9.61. The van der Waals surface area contributed by atoms with Gasteiger partial charge in [0, 0.05) is 11.3 Å². The van der Waals surface area contributed by atoms with Gasteiger partial charge < -0.3 is 5.32 Å².